The summed E-state index contributed by atoms with van der Waals surface area (Å²) in [4.78, 5) is 25.7. The van der Waals surface area contributed by atoms with Crippen LogP contribution in [0.15, 0.2) is 54.6 Å². The van der Waals surface area contributed by atoms with Crippen LogP contribution in [-0.4, -0.2) is 37.7 Å². The van der Waals surface area contributed by atoms with Crippen molar-refractivity contribution in [3.8, 4) is 5.75 Å². The maximum Gasteiger partial charge on any atom is 0.328 e. The van der Waals surface area contributed by atoms with E-state index < -0.39 is 23.5 Å². The molecule has 34 heavy (non-hydrogen) atoms. The van der Waals surface area contributed by atoms with Crippen LogP contribution < -0.4 is 10.1 Å². The fourth-order valence-electron chi connectivity index (χ4n) is 3.31. The Balaban J connectivity index is 2.08. The molecule has 0 saturated carbocycles. The zero-order chi connectivity index (χ0) is 25.4. The van der Waals surface area contributed by atoms with Crippen LogP contribution >= 0.6 is 0 Å². The fraction of sp³-hybridized carbons (Fsp3) is 0.500. The third kappa shape index (κ3) is 9.18. The van der Waals surface area contributed by atoms with Crippen LogP contribution in [0.4, 0.5) is 0 Å². The van der Waals surface area contributed by atoms with Gasteiger partial charge in [-0.3, -0.25) is 4.79 Å². The Morgan fingerprint density at radius 2 is 1.50 bits per heavy atom. The van der Waals surface area contributed by atoms with Crippen molar-refractivity contribution in [1.82, 2.24) is 5.32 Å². The van der Waals surface area contributed by atoms with Crippen molar-refractivity contribution in [2.24, 2.45) is 10.8 Å². The van der Waals surface area contributed by atoms with E-state index in [9.17, 15) is 9.59 Å². The van der Waals surface area contributed by atoms with Gasteiger partial charge in [0.05, 0.1) is 20.3 Å². The van der Waals surface area contributed by atoms with Gasteiger partial charge in [0.25, 0.3) is 0 Å². The minimum absolute atomic E-state index is 0.0606. The van der Waals surface area contributed by atoms with Crippen molar-refractivity contribution in [3.63, 3.8) is 0 Å². The lowest BCUT2D eigenvalue weighted by Gasteiger charge is -2.31. The largest absolute Gasteiger partial charge is 0.493 e. The first-order chi connectivity index (χ1) is 15.9. The molecular formula is C28H39NO5. The van der Waals surface area contributed by atoms with Crippen molar-refractivity contribution >= 4 is 11.9 Å². The van der Waals surface area contributed by atoms with E-state index in [2.05, 4.69) is 26.1 Å². The van der Waals surface area contributed by atoms with E-state index >= 15 is 0 Å². The van der Waals surface area contributed by atoms with E-state index in [1.165, 1.54) is 7.11 Å². The first-order valence-electron chi connectivity index (χ1n) is 11.6. The number of ether oxygens (including phenoxy) is 3. The smallest absolute Gasteiger partial charge is 0.328 e. The van der Waals surface area contributed by atoms with Crippen LogP contribution in [0.2, 0.25) is 0 Å². The molecule has 2 aromatic rings. The number of carbonyl (C=O) groups excluding carboxylic acids is 2. The third-order valence-corrected chi connectivity index (χ3v) is 5.12. The molecular weight excluding hydrogens is 430 g/mol. The molecule has 0 fully saturated rings. The number of rotatable bonds is 10. The number of carbonyl (C=O) groups is 2. The van der Waals surface area contributed by atoms with E-state index in [-0.39, 0.29) is 11.3 Å². The summed E-state index contributed by atoms with van der Waals surface area (Å²) in [6.07, 6.45) is -0.443. The third-order valence-electron chi connectivity index (χ3n) is 5.12. The Kier molecular flexibility index (Phi) is 9.68. The van der Waals surface area contributed by atoms with Crippen molar-refractivity contribution in [2.45, 2.75) is 66.7 Å². The van der Waals surface area contributed by atoms with Crippen LogP contribution in [0.1, 0.15) is 52.7 Å². The molecule has 6 nitrogen and oxygen atoms in total. The maximum absolute atomic E-state index is 13.2. The van der Waals surface area contributed by atoms with Crippen LogP contribution in [0, 0.1) is 10.8 Å². The second kappa shape index (κ2) is 12.0. The summed E-state index contributed by atoms with van der Waals surface area (Å²) in [7, 11) is 1.32. The summed E-state index contributed by atoms with van der Waals surface area (Å²) in [6.45, 7) is 13.0. The normalized spacial score (nSPS) is 13.6. The monoisotopic (exact) mass is 469 g/mol. The number of benzene rings is 2. The van der Waals surface area contributed by atoms with Crippen LogP contribution in [-0.2, 0) is 32.1 Å². The van der Waals surface area contributed by atoms with Crippen molar-refractivity contribution < 1.29 is 23.8 Å². The van der Waals surface area contributed by atoms with Crippen molar-refractivity contribution in [1.29, 1.82) is 0 Å². The van der Waals surface area contributed by atoms with Crippen molar-refractivity contribution in [3.05, 3.63) is 65.7 Å². The number of methoxy groups -OCH3 is 1. The number of amides is 1. The van der Waals surface area contributed by atoms with Gasteiger partial charge in [-0.15, -0.1) is 0 Å². The first-order valence-corrected chi connectivity index (χ1v) is 11.6. The van der Waals surface area contributed by atoms with Gasteiger partial charge >= 0.3 is 5.97 Å². The molecule has 0 spiro atoms. The number of esters is 1. The molecule has 1 unspecified atom stereocenters. The zero-order valence-electron chi connectivity index (χ0n) is 21.5. The van der Waals surface area contributed by atoms with Crippen LogP contribution in [0.25, 0.3) is 0 Å². The predicted molar refractivity (Wildman–Crippen MR) is 134 cm³/mol. The highest BCUT2D eigenvalue weighted by Gasteiger charge is 2.35. The van der Waals surface area contributed by atoms with Gasteiger partial charge in [0, 0.05) is 6.42 Å². The Labute approximate surface area is 204 Å². The molecule has 2 aromatic carbocycles. The summed E-state index contributed by atoms with van der Waals surface area (Å²) in [5.74, 6) is -0.0828. The van der Waals surface area contributed by atoms with Crippen LogP contribution in [0.3, 0.4) is 0 Å². The molecule has 0 aliphatic heterocycles. The zero-order valence-corrected chi connectivity index (χ0v) is 21.5. The number of nitrogens with one attached hydrogen (secondary N) is 1. The van der Waals surface area contributed by atoms with E-state index in [1.807, 2.05) is 75.4 Å². The SMILES string of the molecule is COC(=O)C(Cc1ccc(OCC(C)(C)C)cc1)NC(=O)[C@@H](OCc1ccccc1)C(C)(C)C. The van der Waals surface area contributed by atoms with Gasteiger partial charge in [-0.2, -0.15) is 0 Å². The summed E-state index contributed by atoms with van der Waals surface area (Å²) in [5, 5.41) is 2.85. The standard InChI is InChI=1S/C28H39NO5/c1-27(2,3)19-34-22-15-13-20(14-16-22)17-23(26(31)32-7)29-25(30)24(28(4,5)6)33-18-21-11-9-8-10-12-21/h8-16,23-24H,17-19H2,1-7H3,(H,29,30)/t23?,24-/m1/s1. The molecule has 0 aliphatic carbocycles. The Bertz CT molecular complexity index is 911. The molecule has 0 aliphatic rings. The molecule has 2 atom stereocenters. The summed E-state index contributed by atoms with van der Waals surface area (Å²) in [6, 6.07) is 16.4. The molecule has 0 saturated heterocycles. The van der Waals surface area contributed by atoms with E-state index in [4.69, 9.17) is 14.2 Å². The highest BCUT2D eigenvalue weighted by molar-refractivity contribution is 5.87. The molecule has 0 bridgehead atoms. The molecule has 2 rings (SSSR count). The van der Waals surface area contributed by atoms with Gasteiger partial charge in [-0.25, -0.2) is 4.79 Å². The van der Waals surface area contributed by atoms with Gasteiger partial charge in [0.15, 0.2) is 0 Å². The number of hydrogen-bond acceptors (Lipinski definition) is 5. The van der Waals surface area contributed by atoms with Gasteiger partial charge in [-0.05, 0) is 34.1 Å². The van der Waals surface area contributed by atoms with Gasteiger partial charge in [-0.1, -0.05) is 84.0 Å². The van der Waals surface area contributed by atoms with Crippen molar-refractivity contribution in [2.75, 3.05) is 13.7 Å². The minimum Gasteiger partial charge on any atom is -0.493 e. The lowest BCUT2D eigenvalue weighted by Crippen LogP contribution is -2.51. The highest BCUT2D eigenvalue weighted by atomic mass is 16.5. The second-order valence-electron chi connectivity index (χ2n) is 10.8. The molecule has 1 N–H and O–H groups in total. The maximum atomic E-state index is 13.2. The second-order valence-corrected chi connectivity index (χ2v) is 10.8. The lowest BCUT2D eigenvalue weighted by molar-refractivity contribution is -0.150. The Hall–Kier alpha value is -2.86. The molecule has 1 amide bonds. The Morgan fingerprint density at radius 3 is 2.03 bits per heavy atom. The molecule has 6 heteroatoms. The average molecular weight is 470 g/mol. The van der Waals surface area contributed by atoms with Gasteiger partial charge < -0.3 is 19.5 Å². The van der Waals surface area contributed by atoms with E-state index in [0.29, 0.717) is 19.6 Å². The summed E-state index contributed by atoms with van der Waals surface area (Å²) >= 11 is 0. The fourth-order valence-corrected chi connectivity index (χ4v) is 3.31. The summed E-state index contributed by atoms with van der Waals surface area (Å²) < 4.78 is 16.8. The molecule has 0 aromatic heterocycles. The number of hydrogen-bond donors (Lipinski definition) is 1. The average Bonchev–Trinajstić information content (AvgIpc) is 2.77. The first kappa shape index (κ1) is 27.4. The summed E-state index contributed by atoms with van der Waals surface area (Å²) in [5.41, 5.74) is 1.45. The predicted octanol–water partition coefficient (Wildman–Crippen LogP) is 4.94. The highest BCUT2D eigenvalue weighted by Crippen LogP contribution is 2.24. The van der Waals surface area contributed by atoms with Gasteiger partial charge in [0.2, 0.25) is 5.91 Å². The lowest BCUT2D eigenvalue weighted by atomic mass is 9.88. The van der Waals surface area contributed by atoms with E-state index in [0.717, 1.165) is 16.9 Å². The molecule has 186 valence electrons. The van der Waals surface area contributed by atoms with E-state index in [1.54, 1.807) is 0 Å². The Morgan fingerprint density at radius 1 is 0.882 bits per heavy atom. The van der Waals surface area contributed by atoms with Crippen LogP contribution in [0.5, 0.6) is 5.75 Å². The molecule has 0 heterocycles. The quantitative estimate of drug-likeness (QED) is 0.499. The minimum atomic E-state index is -0.830. The van der Waals surface area contributed by atoms with Gasteiger partial charge in [0.1, 0.15) is 17.9 Å². The molecule has 0 radical (unpaired) electrons. The topological polar surface area (TPSA) is 73.9 Å².